The van der Waals surface area contributed by atoms with E-state index in [2.05, 4.69) is 35.7 Å². The van der Waals surface area contributed by atoms with Crippen LogP contribution in [-0.2, 0) is 4.79 Å². The minimum Gasteiger partial charge on any atom is -0.490 e. The largest absolute Gasteiger partial charge is 0.490 e. The van der Waals surface area contributed by atoms with Crippen molar-refractivity contribution in [3.63, 3.8) is 0 Å². The van der Waals surface area contributed by atoms with Crippen LogP contribution in [0.25, 0.3) is 0 Å². The third kappa shape index (κ3) is 7.05. The highest BCUT2D eigenvalue weighted by molar-refractivity contribution is 5.81. The number of carbonyl (C=O) groups is 1. The van der Waals surface area contributed by atoms with Crippen molar-refractivity contribution in [2.75, 3.05) is 41.9 Å². The average Bonchev–Trinajstić information content (AvgIpc) is 2.89. The van der Waals surface area contributed by atoms with Gasteiger partial charge in [-0.25, -0.2) is 10.2 Å². The first-order valence-electron chi connectivity index (χ1n) is 11.8. The van der Waals surface area contributed by atoms with Gasteiger partial charge in [-0.2, -0.15) is 20.1 Å². The van der Waals surface area contributed by atoms with Crippen LogP contribution < -0.4 is 25.1 Å². The Kier molecular flexibility index (Phi) is 8.47. The van der Waals surface area contributed by atoms with Crippen LogP contribution in [0.4, 0.5) is 23.5 Å². The maximum atomic E-state index is 10.8. The Hall–Kier alpha value is -4.41. The van der Waals surface area contributed by atoms with Crippen LogP contribution >= 0.6 is 0 Å². The molecule has 0 saturated carbocycles. The number of rotatable bonds is 11. The highest BCUT2D eigenvalue weighted by Gasteiger charge is 2.16. The van der Waals surface area contributed by atoms with E-state index in [1.807, 2.05) is 37.3 Å². The number of nitrogens with one attached hydrogen (secondary N) is 2. The van der Waals surface area contributed by atoms with Crippen molar-refractivity contribution < 1.29 is 19.4 Å². The Labute approximate surface area is 209 Å². The number of piperidine rings is 1. The molecule has 11 nitrogen and oxygen atoms in total. The minimum atomic E-state index is -1.06. The first-order valence-corrected chi connectivity index (χ1v) is 11.8. The van der Waals surface area contributed by atoms with Gasteiger partial charge in [0.15, 0.2) is 18.1 Å². The molecule has 2 heterocycles. The van der Waals surface area contributed by atoms with E-state index in [0.717, 1.165) is 37.2 Å². The fourth-order valence-corrected chi connectivity index (χ4v) is 3.65. The zero-order valence-corrected chi connectivity index (χ0v) is 20.1. The molecule has 1 fully saturated rings. The number of ether oxygens (including phenoxy) is 2. The maximum absolute atomic E-state index is 10.8. The number of hydrogen-bond acceptors (Lipinski definition) is 10. The van der Waals surface area contributed by atoms with Crippen LogP contribution in [0, 0.1) is 0 Å². The molecule has 0 spiro atoms. The first kappa shape index (κ1) is 24.7. The first-order chi connectivity index (χ1) is 17.6. The van der Waals surface area contributed by atoms with E-state index in [1.165, 1.54) is 6.42 Å². The number of carboxylic acid groups (broad SMARTS) is 1. The van der Waals surface area contributed by atoms with Gasteiger partial charge in [-0.15, -0.1) is 0 Å². The lowest BCUT2D eigenvalue weighted by Gasteiger charge is -2.26. The number of para-hydroxylation sites is 1. The third-order valence-electron chi connectivity index (χ3n) is 5.29. The molecule has 1 aliphatic rings. The van der Waals surface area contributed by atoms with Crippen molar-refractivity contribution in [1.82, 2.24) is 15.0 Å². The van der Waals surface area contributed by atoms with Crippen molar-refractivity contribution in [2.24, 2.45) is 5.10 Å². The van der Waals surface area contributed by atoms with E-state index in [0.29, 0.717) is 36.0 Å². The Bertz CT molecular complexity index is 1180. The highest BCUT2D eigenvalue weighted by atomic mass is 16.5. The number of aliphatic carboxylic acids is 1. The molecule has 1 saturated heterocycles. The standard InChI is InChI=1S/C25H29N7O4/c1-2-35-21-15-18(11-12-20(21)36-17-22(33)34)16-26-31-24-28-23(27-19-9-5-3-6-10-19)29-25(30-24)32-13-7-4-8-14-32/h3,5-6,9-12,15-16H,2,4,7-8,13-14,17H2,1H3,(H,33,34)(H2,27,28,29,30,31)/b26-16-. The van der Waals surface area contributed by atoms with Gasteiger partial charge in [0.05, 0.1) is 12.8 Å². The van der Waals surface area contributed by atoms with Gasteiger partial charge in [0.2, 0.25) is 17.8 Å². The summed E-state index contributed by atoms with van der Waals surface area (Å²) in [6, 6.07) is 14.8. The van der Waals surface area contributed by atoms with Crippen molar-refractivity contribution >= 4 is 35.7 Å². The van der Waals surface area contributed by atoms with Crippen molar-refractivity contribution in [3.8, 4) is 11.5 Å². The second-order valence-corrected chi connectivity index (χ2v) is 8.01. The Balaban J connectivity index is 1.52. The van der Waals surface area contributed by atoms with Crippen LogP contribution in [0.3, 0.4) is 0 Å². The molecule has 2 aromatic carbocycles. The summed E-state index contributed by atoms with van der Waals surface area (Å²) in [6.45, 7) is 3.59. The molecule has 4 rings (SSSR count). The molecule has 1 aliphatic heterocycles. The smallest absolute Gasteiger partial charge is 0.341 e. The van der Waals surface area contributed by atoms with Crippen LogP contribution in [0.5, 0.6) is 11.5 Å². The van der Waals surface area contributed by atoms with Gasteiger partial charge >= 0.3 is 5.97 Å². The highest BCUT2D eigenvalue weighted by Crippen LogP contribution is 2.28. The molecular weight excluding hydrogens is 462 g/mol. The zero-order chi connectivity index (χ0) is 25.2. The Morgan fingerprint density at radius 1 is 1.03 bits per heavy atom. The Morgan fingerprint density at radius 3 is 2.56 bits per heavy atom. The second-order valence-electron chi connectivity index (χ2n) is 8.01. The molecule has 188 valence electrons. The van der Waals surface area contributed by atoms with Crippen molar-refractivity contribution in [3.05, 3.63) is 54.1 Å². The Morgan fingerprint density at radius 2 is 1.81 bits per heavy atom. The predicted molar refractivity (Wildman–Crippen MR) is 138 cm³/mol. The average molecular weight is 492 g/mol. The fourth-order valence-electron chi connectivity index (χ4n) is 3.65. The summed E-state index contributed by atoms with van der Waals surface area (Å²) >= 11 is 0. The van der Waals surface area contributed by atoms with Gasteiger partial charge in [-0.05, 0) is 62.1 Å². The predicted octanol–water partition coefficient (Wildman–Crippen LogP) is 3.91. The molecule has 3 N–H and O–H groups in total. The molecule has 0 radical (unpaired) electrons. The number of hydrazone groups is 1. The molecule has 0 atom stereocenters. The molecule has 0 amide bonds. The van der Waals surface area contributed by atoms with E-state index in [4.69, 9.17) is 14.6 Å². The normalized spacial score (nSPS) is 13.4. The van der Waals surface area contributed by atoms with E-state index < -0.39 is 12.6 Å². The summed E-state index contributed by atoms with van der Waals surface area (Å²) in [6.07, 6.45) is 5.00. The fraction of sp³-hybridized carbons (Fsp3) is 0.320. The molecule has 0 aliphatic carbocycles. The van der Waals surface area contributed by atoms with Crippen molar-refractivity contribution in [2.45, 2.75) is 26.2 Å². The molecule has 0 bridgehead atoms. The maximum Gasteiger partial charge on any atom is 0.341 e. The molecule has 11 heteroatoms. The van der Waals surface area contributed by atoms with Crippen LogP contribution in [0.2, 0.25) is 0 Å². The number of carboxylic acids is 1. The quantitative estimate of drug-likeness (QED) is 0.268. The van der Waals surface area contributed by atoms with Gasteiger partial charge in [0, 0.05) is 18.8 Å². The summed E-state index contributed by atoms with van der Waals surface area (Å²) in [4.78, 5) is 26.6. The van der Waals surface area contributed by atoms with Gasteiger partial charge < -0.3 is 24.8 Å². The number of anilines is 4. The van der Waals surface area contributed by atoms with E-state index in [9.17, 15) is 4.79 Å². The monoisotopic (exact) mass is 491 g/mol. The molecule has 36 heavy (non-hydrogen) atoms. The van der Waals surface area contributed by atoms with Crippen LogP contribution in [0.15, 0.2) is 53.6 Å². The van der Waals surface area contributed by atoms with E-state index >= 15 is 0 Å². The molecule has 3 aromatic rings. The SMILES string of the molecule is CCOc1cc(/C=N\Nc2nc(Nc3ccccc3)nc(N3CCCCC3)n2)ccc1OCC(=O)O. The topological polar surface area (TPSA) is 134 Å². The molecule has 1 aromatic heterocycles. The number of nitrogens with zero attached hydrogens (tertiary/aromatic N) is 5. The summed E-state index contributed by atoms with van der Waals surface area (Å²) in [7, 11) is 0. The zero-order valence-electron chi connectivity index (χ0n) is 20.1. The molecule has 0 unspecified atom stereocenters. The summed E-state index contributed by atoms with van der Waals surface area (Å²) in [5.74, 6) is 1.06. The summed E-state index contributed by atoms with van der Waals surface area (Å²) < 4.78 is 10.9. The summed E-state index contributed by atoms with van der Waals surface area (Å²) in [5, 5.41) is 16.4. The van der Waals surface area contributed by atoms with Gasteiger partial charge in [0.25, 0.3) is 0 Å². The van der Waals surface area contributed by atoms with E-state index in [-0.39, 0.29) is 0 Å². The minimum absolute atomic E-state index is 0.312. The second kappa shape index (κ2) is 12.3. The lowest BCUT2D eigenvalue weighted by molar-refractivity contribution is -0.139. The van der Waals surface area contributed by atoms with E-state index in [1.54, 1.807) is 24.4 Å². The molecular formula is C25H29N7O4. The van der Waals surface area contributed by atoms with Gasteiger partial charge in [-0.1, -0.05) is 18.2 Å². The number of aromatic nitrogens is 3. The lowest BCUT2D eigenvalue weighted by Crippen LogP contribution is -2.31. The van der Waals surface area contributed by atoms with Gasteiger partial charge in [0.1, 0.15) is 0 Å². The summed E-state index contributed by atoms with van der Waals surface area (Å²) in [5.41, 5.74) is 4.49. The lowest BCUT2D eigenvalue weighted by atomic mass is 10.1. The third-order valence-corrected chi connectivity index (χ3v) is 5.29. The number of benzene rings is 2. The van der Waals surface area contributed by atoms with Crippen LogP contribution in [-0.4, -0.2) is 58.5 Å². The van der Waals surface area contributed by atoms with Gasteiger partial charge in [-0.3, -0.25) is 0 Å². The number of hydrogen-bond donors (Lipinski definition) is 3. The van der Waals surface area contributed by atoms with Crippen LogP contribution in [0.1, 0.15) is 31.7 Å². The van der Waals surface area contributed by atoms with Crippen molar-refractivity contribution in [1.29, 1.82) is 0 Å².